The third-order valence-electron chi connectivity index (χ3n) is 5.89. The van der Waals surface area contributed by atoms with Crippen molar-refractivity contribution in [2.75, 3.05) is 26.2 Å². The van der Waals surface area contributed by atoms with Crippen LogP contribution in [0.4, 0.5) is 0 Å². The molecule has 0 radical (unpaired) electrons. The lowest BCUT2D eigenvalue weighted by atomic mass is 9.98. The second kappa shape index (κ2) is 11.4. The molecule has 0 bridgehead atoms. The predicted octanol–water partition coefficient (Wildman–Crippen LogP) is 2.36. The standard InChI is InChI=1S/C22H31N5O2.ClH/c28-22(19-9-4-12-23-19)24-14-18-8-5-13-27(15-18)16-21-25-20(26-29-21)11-10-17-6-2-1-3-7-17;/h1-3,6-7,18-19,23H,4-5,8-16H2,(H,24,28);1H. The van der Waals surface area contributed by atoms with Crippen LogP contribution in [0.2, 0.25) is 0 Å². The average molecular weight is 434 g/mol. The predicted molar refractivity (Wildman–Crippen MR) is 117 cm³/mol. The quantitative estimate of drug-likeness (QED) is 0.665. The molecule has 2 atom stereocenters. The van der Waals surface area contributed by atoms with Gasteiger partial charge in [0.1, 0.15) is 0 Å². The van der Waals surface area contributed by atoms with Gasteiger partial charge in [-0.05, 0) is 56.7 Å². The third kappa shape index (κ3) is 6.52. The fourth-order valence-corrected chi connectivity index (χ4v) is 4.29. The van der Waals surface area contributed by atoms with Crippen molar-refractivity contribution < 1.29 is 9.32 Å². The molecule has 1 aromatic carbocycles. The Morgan fingerprint density at radius 1 is 1.20 bits per heavy atom. The lowest BCUT2D eigenvalue weighted by Gasteiger charge is -2.32. The van der Waals surface area contributed by atoms with E-state index in [4.69, 9.17) is 4.52 Å². The van der Waals surface area contributed by atoms with Crippen molar-refractivity contribution in [1.82, 2.24) is 25.7 Å². The molecule has 1 aromatic heterocycles. The van der Waals surface area contributed by atoms with Crippen LogP contribution in [0.5, 0.6) is 0 Å². The highest BCUT2D eigenvalue weighted by Gasteiger charge is 2.25. The highest BCUT2D eigenvalue weighted by Crippen LogP contribution is 2.18. The first-order chi connectivity index (χ1) is 14.3. The number of rotatable bonds is 8. The van der Waals surface area contributed by atoms with Crippen molar-refractivity contribution in [2.45, 2.75) is 51.1 Å². The van der Waals surface area contributed by atoms with Gasteiger partial charge in [0.05, 0.1) is 12.6 Å². The molecule has 0 aliphatic carbocycles. The summed E-state index contributed by atoms with van der Waals surface area (Å²) in [5.41, 5.74) is 1.28. The fourth-order valence-electron chi connectivity index (χ4n) is 4.29. The first kappa shape index (κ1) is 22.7. The number of nitrogens with one attached hydrogen (secondary N) is 2. The third-order valence-corrected chi connectivity index (χ3v) is 5.89. The zero-order valence-corrected chi connectivity index (χ0v) is 18.2. The van der Waals surface area contributed by atoms with Crippen molar-refractivity contribution in [1.29, 1.82) is 0 Å². The van der Waals surface area contributed by atoms with E-state index >= 15 is 0 Å². The molecule has 2 aliphatic rings. The van der Waals surface area contributed by atoms with Crippen LogP contribution < -0.4 is 10.6 Å². The van der Waals surface area contributed by atoms with E-state index in [-0.39, 0.29) is 24.4 Å². The summed E-state index contributed by atoms with van der Waals surface area (Å²) in [6.45, 7) is 4.38. The highest BCUT2D eigenvalue weighted by atomic mass is 35.5. The molecule has 0 spiro atoms. The second-order valence-corrected chi connectivity index (χ2v) is 8.23. The van der Waals surface area contributed by atoms with Crippen LogP contribution in [0.3, 0.4) is 0 Å². The van der Waals surface area contributed by atoms with Crippen LogP contribution in [-0.4, -0.2) is 53.2 Å². The Morgan fingerprint density at radius 3 is 2.87 bits per heavy atom. The van der Waals surface area contributed by atoms with Gasteiger partial charge in [-0.15, -0.1) is 12.4 Å². The number of piperidine rings is 1. The molecule has 3 heterocycles. The number of likely N-dealkylation sites (tertiary alicyclic amines) is 1. The van der Waals surface area contributed by atoms with Gasteiger partial charge in [0.2, 0.25) is 11.8 Å². The van der Waals surface area contributed by atoms with Crippen LogP contribution in [0.15, 0.2) is 34.9 Å². The Balaban J connectivity index is 0.00000256. The van der Waals surface area contributed by atoms with E-state index in [2.05, 4.69) is 49.9 Å². The molecule has 2 aliphatic heterocycles. The first-order valence-corrected chi connectivity index (χ1v) is 10.8. The molecule has 7 nitrogen and oxygen atoms in total. The largest absolute Gasteiger partial charge is 0.354 e. The van der Waals surface area contributed by atoms with Crippen molar-refractivity contribution >= 4 is 18.3 Å². The summed E-state index contributed by atoms with van der Waals surface area (Å²) < 4.78 is 5.48. The molecule has 0 saturated carbocycles. The number of hydrogen-bond acceptors (Lipinski definition) is 6. The summed E-state index contributed by atoms with van der Waals surface area (Å²) in [4.78, 5) is 19.1. The molecule has 2 N–H and O–H groups in total. The summed E-state index contributed by atoms with van der Waals surface area (Å²) in [6, 6.07) is 10.4. The normalized spacial score (nSPS) is 21.9. The van der Waals surface area contributed by atoms with Crippen LogP contribution in [0.25, 0.3) is 0 Å². The lowest BCUT2D eigenvalue weighted by Crippen LogP contribution is -2.45. The van der Waals surface area contributed by atoms with Crippen LogP contribution in [-0.2, 0) is 24.2 Å². The molecule has 2 aromatic rings. The molecule has 8 heteroatoms. The van der Waals surface area contributed by atoms with Gasteiger partial charge in [0.15, 0.2) is 5.82 Å². The Bertz CT molecular complexity index is 779. The lowest BCUT2D eigenvalue weighted by molar-refractivity contribution is -0.123. The van der Waals surface area contributed by atoms with Crippen LogP contribution in [0.1, 0.15) is 43.0 Å². The first-order valence-electron chi connectivity index (χ1n) is 10.8. The van der Waals surface area contributed by atoms with E-state index in [1.165, 1.54) is 5.56 Å². The topological polar surface area (TPSA) is 83.3 Å². The SMILES string of the molecule is Cl.O=C(NCC1CCCN(Cc2nc(CCc3ccccc3)no2)C1)C1CCCN1. The fraction of sp³-hybridized carbons (Fsp3) is 0.591. The molecule has 4 rings (SSSR count). The minimum Gasteiger partial charge on any atom is -0.354 e. The molecule has 2 saturated heterocycles. The molecular weight excluding hydrogens is 402 g/mol. The van der Waals surface area contributed by atoms with E-state index in [1.54, 1.807) is 0 Å². The molecule has 164 valence electrons. The minimum atomic E-state index is 0. The number of aromatic nitrogens is 2. The number of nitrogens with zero attached hydrogens (tertiary/aromatic N) is 3. The van der Waals surface area contributed by atoms with Gasteiger partial charge in [-0.1, -0.05) is 35.5 Å². The van der Waals surface area contributed by atoms with Crippen molar-refractivity contribution in [3.8, 4) is 0 Å². The summed E-state index contributed by atoms with van der Waals surface area (Å²) in [5.74, 6) is 2.09. The number of amides is 1. The summed E-state index contributed by atoms with van der Waals surface area (Å²) in [5, 5.41) is 10.5. The molecule has 1 amide bonds. The van der Waals surface area contributed by atoms with Gasteiger partial charge >= 0.3 is 0 Å². The Morgan fingerprint density at radius 2 is 2.07 bits per heavy atom. The second-order valence-electron chi connectivity index (χ2n) is 8.23. The summed E-state index contributed by atoms with van der Waals surface area (Å²) >= 11 is 0. The van der Waals surface area contributed by atoms with Gasteiger partial charge in [0, 0.05) is 19.5 Å². The zero-order valence-electron chi connectivity index (χ0n) is 17.4. The number of carbonyl (C=O) groups excluding carboxylic acids is 1. The maximum absolute atomic E-state index is 12.2. The van der Waals surface area contributed by atoms with Crippen LogP contribution >= 0.6 is 12.4 Å². The van der Waals surface area contributed by atoms with Gasteiger partial charge in [-0.3, -0.25) is 9.69 Å². The minimum absolute atomic E-state index is 0. The van der Waals surface area contributed by atoms with E-state index in [9.17, 15) is 4.79 Å². The van der Waals surface area contributed by atoms with Gasteiger partial charge in [0.25, 0.3) is 0 Å². The molecular formula is C22H32ClN5O2. The van der Waals surface area contributed by atoms with Crippen molar-refractivity contribution in [3.05, 3.63) is 47.6 Å². The highest BCUT2D eigenvalue weighted by molar-refractivity contribution is 5.85. The Labute approximate surface area is 184 Å². The maximum atomic E-state index is 12.2. The van der Waals surface area contributed by atoms with Gasteiger partial charge in [-0.25, -0.2) is 0 Å². The van der Waals surface area contributed by atoms with E-state index < -0.39 is 0 Å². The number of benzene rings is 1. The average Bonchev–Trinajstić information content (AvgIpc) is 3.44. The van der Waals surface area contributed by atoms with Crippen LogP contribution in [0, 0.1) is 5.92 Å². The molecule has 2 fully saturated rings. The smallest absolute Gasteiger partial charge is 0.240 e. The van der Waals surface area contributed by atoms with Crippen molar-refractivity contribution in [2.24, 2.45) is 5.92 Å². The number of halogens is 1. The van der Waals surface area contributed by atoms with E-state index in [0.717, 1.165) is 70.5 Å². The van der Waals surface area contributed by atoms with Gasteiger partial charge in [-0.2, -0.15) is 4.98 Å². The van der Waals surface area contributed by atoms with E-state index in [0.29, 0.717) is 18.4 Å². The number of carbonyl (C=O) groups is 1. The number of hydrogen-bond donors (Lipinski definition) is 2. The van der Waals surface area contributed by atoms with Crippen molar-refractivity contribution in [3.63, 3.8) is 0 Å². The van der Waals surface area contributed by atoms with E-state index in [1.807, 2.05) is 6.07 Å². The molecule has 30 heavy (non-hydrogen) atoms. The summed E-state index contributed by atoms with van der Waals surface area (Å²) in [6.07, 6.45) is 6.04. The maximum Gasteiger partial charge on any atom is 0.240 e. The number of aryl methyl sites for hydroxylation is 2. The van der Waals surface area contributed by atoms with Gasteiger partial charge < -0.3 is 15.2 Å². The monoisotopic (exact) mass is 433 g/mol. The Hall–Kier alpha value is -1.96. The molecule has 2 unspecified atom stereocenters. The summed E-state index contributed by atoms with van der Waals surface area (Å²) in [7, 11) is 0. The zero-order chi connectivity index (χ0) is 19.9. The Kier molecular flexibility index (Phi) is 8.66.